The van der Waals surface area contributed by atoms with Crippen LogP contribution in [-0.4, -0.2) is 18.6 Å². The standard InChI is InChI=1S/C15H17FN2O/c1-3-19-13-9-7-12(8-10-13)11-18(2)15-6-4-5-14(16)17-15/h4-10H,3,11H2,1-2H3. The van der Waals surface area contributed by atoms with Crippen LogP contribution in [0.15, 0.2) is 42.5 Å². The van der Waals surface area contributed by atoms with Crippen molar-refractivity contribution >= 4 is 5.82 Å². The van der Waals surface area contributed by atoms with Gasteiger partial charge in [-0.05, 0) is 36.8 Å². The van der Waals surface area contributed by atoms with Gasteiger partial charge in [0.15, 0.2) is 0 Å². The summed E-state index contributed by atoms with van der Waals surface area (Å²) in [6, 6.07) is 12.7. The van der Waals surface area contributed by atoms with Gasteiger partial charge in [0, 0.05) is 13.6 Å². The average molecular weight is 260 g/mol. The third kappa shape index (κ3) is 3.68. The van der Waals surface area contributed by atoms with Gasteiger partial charge in [-0.25, -0.2) is 4.98 Å². The molecule has 19 heavy (non-hydrogen) atoms. The predicted molar refractivity (Wildman–Crippen MR) is 73.9 cm³/mol. The van der Waals surface area contributed by atoms with Crippen molar-refractivity contribution < 1.29 is 9.13 Å². The Morgan fingerprint density at radius 1 is 1.16 bits per heavy atom. The predicted octanol–water partition coefficient (Wildman–Crippen LogP) is 3.26. The Morgan fingerprint density at radius 2 is 1.89 bits per heavy atom. The normalized spacial score (nSPS) is 10.3. The second-order valence-corrected chi connectivity index (χ2v) is 4.25. The molecule has 1 heterocycles. The Balaban J connectivity index is 2.04. The van der Waals surface area contributed by atoms with Crippen molar-refractivity contribution in [3.8, 4) is 5.75 Å². The number of hydrogen-bond acceptors (Lipinski definition) is 3. The lowest BCUT2D eigenvalue weighted by Gasteiger charge is -2.18. The smallest absolute Gasteiger partial charge is 0.214 e. The van der Waals surface area contributed by atoms with Crippen molar-refractivity contribution in [2.75, 3.05) is 18.6 Å². The van der Waals surface area contributed by atoms with Gasteiger partial charge >= 0.3 is 0 Å². The van der Waals surface area contributed by atoms with Crippen LogP contribution >= 0.6 is 0 Å². The zero-order valence-electron chi connectivity index (χ0n) is 11.1. The Morgan fingerprint density at radius 3 is 2.53 bits per heavy atom. The zero-order chi connectivity index (χ0) is 13.7. The molecule has 1 aromatic carbocycles. The van der Waals surface area contributed by atoms with Gasteiger partial charge in [0.2, 0.25) is 5.95 Å². The lowest BCUT2D eigenvalue weighted by atomic mass is 10.2. The van der Waals surface area contributed by atoms with Gasteiger partial charge in [-0.15, -0.1) is 0 Å². The maximum absolute atomic E-state index is 13.0. The second kappa shape index (κ2) is 6.18. The highest BCUT2D eigenvalue weighted by atomic mass is 19.1. The van der Waals surface area contributed by atoms with E-state index in [2.05, 4.69) is 4.98 Å². The summed E-state index contributed by atoms with van der Waals surface area (Å²) in [5.41, 5.74) is 1.12. The Labute approximate surface area is 112 Å². The molecule has 0 unspecified atom stereocenters. The molecule has 0 atom stereocenters. The molecule has 0 saturated heterocycles. The van der Waals surface area contributed by atoms with Gasteiger partial charge in [-0.2, -0.15) is 4.39 Å². The molecule has 0 aliphatic carbocycles. The quantitative estimate of drug-likeness (QED) is 0.772. The van der Waals surface area contributed by atoms with Crippen molar-refractivity contribution in [3.63, 3.8) is 0 Å². The molecule has 0 fully saturated rings. The van der Waals surface area contributed by atoms with E-state index in [1.165, 1.54) is 6.07 Å². The summed E-state index contributed by atoms with van der Waals surface area (Å²) in [6.07, 6.45) is 0. The minimum absolute atomic E-state index is 0.462. The van der Waals surface area contributed by atoms with Crippen molar-refractivity contribution in [1.82, 2.24) is 4.98 Å². The first-order valence-electron chi connectivity index (χ1n) is 6.24. The van der Waals surface area contributed by atoms with E-state index in [4.69, 9.17) is 4.74 Å². The number of halogens is 1. The molecule has 0 aliphatic heterocycles. The van der Waals surface area contributed by atoms with Crippen LogP contribution in [0.1, 0.15) is 12.5 Å². The summed E-state index contributed by atoms with van der Waals surface area (Å²) in [5, 5.41) is 0. The molecule has 0 bridgehead atoms. The van der Waals surface area contributed by atoms with Crippen molar-refractivity contribution in [3.05, 3.63) is 54.0 Å². The van der Waals surface area contributed by atoms with Gasteiger partial charge < -0.3 is 9.64 Å². The highest BCUT2D eigenvalue weighted by molar-refractivity contribution is 5.39. The number of benzene rings is 1. The third-order valence-corrected chi connectivity index (χ3v) is 2.75. The number of nitrogens with zero attached hydrogens (tertiary/aromatic N) is 2. The number of pyridine rings is 1. The van der Waals surface area contributed by atoms with Crippen LogP contribution in [0.2, 0.25) is 0 Å². The second-order valence-electron chi connectivity index (χ2n) is 4.25. The van der Waals surface area contributed by atoms with Crippen LogP contribution in [0, 0.1) is 5.95 Å². The summed E-state index contributed by atoms with van der Waals surface area (Å²) in [4.78, 5) is 5.75. The molecule has 0 radical (unpaired) electrons. The Kier molecular flexibility index (Phi) is 4.34. The summed E-state index contributed by atoms with van der Waals surface area (Å²) >= 11 is 0. The number of anilines is 1. The van der Waals surface area contributed by atoms with E-state index in [9.17, 15) is 4.39 Å². The van der Waals surface area contributed by atoms with Gasteiger partial charge in [0.1, 0.15) is 11.6 Å². The maximum atomic E-state index is 13.0. The average Bonchev–Trinajstić information content (AvgIpc) is 2.41. The third-order valence-electron chi connectivity index (χ3n) is 2.75. The van der Waals surface area contributed by atoms with E-state index < -0.39 is 5.95 Å². The summed E-state index contributed by atoms with van der Waals surface area (Å²) in [6.45, 7) is 3.28. The van der Waals surface area contributed by atoms with Crippen LogP contribution in [0.5, 0.6) is 5.75 Å². The molecule has 1 aromatic heterocycles. The molecule has 0 N–H and O–H groups in total. The van der Waals surface area contributed by atoms with Gasteiger partial charge in [0.05, 0.1) is 6.61 Å². The molecule has 3 nitrogen and oxygen atoms in total. The van der Waals surface area contributed by atoms with Gasteiger partial charge in [-0.1, -0.05) is 18.2 Å². The zero-order valence-corrected chi connectivity index (χ0v) is 11.1. The fraction of sp³-hybridized carbons (Fsp3) is 0.267. The molecule has 2 rings (SSSR count). The number of aromatic nitrogens is 1. The van der Waals surface area contributed by atoms with E-state index in [-0.39, 0.29) is 0 Å². The molecule has 100 valence electrons. The first kappa shape index (κ1) is 13.3. The van der Waals surface area contributed by atoms with Crippen LogP contribution in [0.25, 0.3) is 0 Å². The highest BCUT2D eigenvalue weighted by Gasteiger charge is 2.04. The minimum Gasteiger partial charge on any atom is -0.494 e. The number of hydrogen-bond donors (Lipinski definition) is 0. The number of ether oxygens (including phenoxy) is 1. The van der Waals surface area contributed by atoms with Crippen LogP contribution < -0.4 is 9.64 Å². The van der Waals surface area contributed by atoms with E-state index in [1.54, 1.807) is 12.1 Å². The van der Waals surface area contributed by atoms with E-state index in [0.29, 0.717) is 19.0 Å². The van der Waals surface area contributed by atoms with E-state index in [1.807, 2.05) is 43.1 Å². The van der Waals surface area contributed by atoms with Crippen molar-refractivity contribution in [2.45, 2.75) is 13.5 Å². The number of rotatable bonds is 5. The highest BCUT2D eigenvalue weighted by Crippen LogP contribution is 2.16. The first-order chi connectivity index (χ1) is 9.19. The Hall–Kier alpha value is -2.10. The topological polar surface area (TPSA) is 25.4 Å². The lowest BCUT2D eigenvalue weighted by Crippen LogP contribution is -2.17. The molecular formula is C15H17FN2O. The van der Waals surface area contributed by atoms with Gasteiger partial charge in [0.25, 0.3) is 0 Å². The molecule has 0 saturated carbocycles. The monoisotopic (exact) mass is 260 g/mol. The van der Waals surface area contributed by atoms with Crippen molar-refractivity contribution in [2.24, 2.45) is 0 Å². The molecule has 0 amide bonds. The molecule has 2 aromatic rings. The van der Waals surface area contributed by atoms with Crippen molar-refractivity contribution in [1.29, 1.82) is 0 Å². The first-order valence-corrected chi connectivity index (χ1v) is 6.24. The Bertz CT molecular complexity index is 528. The summed E-state index contributed by atoms with van der Waals surface area (Å²) in [7, 11) is 1.89. The largest absolute Gasteiger partial charge is 0.494 e. The van der Waals surface area contributed by atoms with Crippen LogP contribution in [0.3, 0.4) is 0 Å². The maximum Gasteiger partial charge on any atom is 0.214 e. The fourth-order valence-electron chi connectivity index (χ4n) is 1.82. The fourth-order valence-corrected chi connectivity index (χ4v) is 1.82. The lowest BCUT2D eigenvalue weighted by molar-refractivity contribution is 0.340. The SMILES string of the molecule is CCOc1ccc(CN(C)c2cccc(F)n2)cc1. The molecule has 4 heteroatoms. The molecular weight excluding hydrogens is 243 g/mol. The minimum atomic E-state index is -0.462. The van der Waals surface area contributed by atoms with E-state index >= 15 is 0 Å². The summed E-state index contributed by atoms with van der Waals surface area (Å²) in [5.74, 6) is 1.02. The molecule has 0 spiro atoms. The van der Waals surface area contributed by atoms with E-state index in [0.717, 1.165) is 11.3 Å². The molecule has 0 aliphatic rings. The van der Waals surface area contributed by atoms with Gasteiger partial charge in [-0.3, -0.25) is 0 Å². The van der Waals surface area contributed by atoms with Crippen LogP contribution in [0.4, 0.5) is 10.2 Å². The van der Waals surface area contributed by atoms with Crippen LogP contribution in [-0.2, 0) is 6.54 Å². The summed E-state index contributed by atoms with van der Waals surface area (Å²) < 4.78 is 18.4.